The molecule has 2 aromatic rings. The van der Waals surface area contributed by atoms with Crippen molar-refractivity contribution in [1.29, 1.82) is 0 Å². The fourth-order valence-electron chi connectivity index (χ4n) is 2.18. The second kappa shape index (κ2) is 6.54. The highest BCUT2D eigenvalue weighted by molar-refractivity contribution is 8.20. The molecule has 0 spiro atoms. The zero-order chi connectivity index (χ0) is 17.3. The summed E-state index contributed by atoms with van der Waals surface area (Å²) in [4.78, 5) is 25.2. The highest BCUT2D eigenvalue weighted by Gasteiger charge is 2.33. The van der Waals surface area contributed by atoms with Crippen molar-refractivity contribution < 1.29 is 19.1 Å². The monoisotopic (exact) mass is 359 g/mol. The van der Waals surface area contributed by atoms with Gasteiger partial charge in [-0.05, 0) is 53.7 Å². The topological polar surface area (TPSA) is 57.6 Å². The van der Waals surface area contributed by atoms with Crippen molar-refractivity contribution in [2.45, 2.75) is 0 Å². The minimum Gasteiger partial charge on any atom is -0.478 e. The first-order chi connectivity index (χ1) is 11.5. The number of carbonyl (C=O) groups excluding carboxylic acids is 1. The minimum absolute atomic E-state index is 0.177. The van der Waals surface area contributed by atoms with E-state index in [1.165, 1.54) is 35.2 Å². The zero-order valence-electron chi connectivity index (χ0n) is 12.1. The first-order valence-electron chi connectivity index (χ1n) is 6.82. The maximum Gasteiger partial charge on any atom is 0.335 e. The summed E-state index contributed by atoms with van der Waals surface area (Å²) in [7, 11) is 0. The normalized spacial score (nSPS) is 16.0. The van der Waals surface area contributed by atoms with Crippen LogP contribution in [0.15, 0.2) is 53.4 Å². The van der Waals surface area contributed by atoms with Crippen molar-refractivity contribution in [3.63, 3.8) is 0 Å². The van der Waals surface area contributed by atoms with E-state index >= 15 is 0 Å². The number of anilines is 1. The van der Waals surface area contributed by atoms with Gasteiger partial charge in [0.15, 0.2) is 0 Å². The Balaban J connectivity index is 1.89. The molecule has 0 bridgehead atoms. The Morgan fingerprint density at radius 2 is 1.92 bits per heavy atom. The summed E-state index contributed by atoms with van der Waals surface area (Å²) in [6, 6.07) is 11.9. The minimum atomic E-state index is -1.01. The van der Waals surface area contributed by atoms with Crippen LogP contribution in [0.4, 0.5) is 14.9 Å². The predicted molar refractivity (Wildman–Crippen MR) is 95.8 cm³/mol. The van der Waals surface area contributed by atoms with Crippen LogP contribution in [-0.4, -0.2) is 21.3 Å². The van der Waals surface area contributed by atoms with Gasteiger partial charge in [0.25, 0.3) is 5.24 Å². The van der Waals surface area contributed by atoms with Gasteiger partial charge in [0.2, 0.25) is 0 Å². The molecular weight excluding hydrogens is 349 g/mol. The average Bonchev–Trinajstić information content (AvgIpc) is 2.82. The smallest absolute Gasteiger partial charge is 0.335 e. The summed E-state index contributed by atoms with van der Waals surface area (Å²) in [6.45, 7) is 0. The Morgan fingerprint density at radius 1 is 1.21 bits per heavy atom. The molecule has 0 radical (unpaired) electrons. The van der Waals surface area contributed by atoms with Crippen LogP contribution >= 0.6 is 24.0 Å². The van der Waals surface area contributed by atoms with Crippen LogP contribution < -0.4 is 4.90 Å². The van der Waals surface area contributed by atoms with Crippen LogP contribution in [-0.2, 0) is 0 Å². The summed E-state index contributed by atoms with van der Waals surface area (Å²) >= 11 is 6.29. The number of aromatic carboxylic acids is 1. The molecule has 0 saturated carbocycles. The molecule has 1 saturated heterocycles. The first-order valence-corrected chi connectivity index (χ1v) is 8.05. The molecule has 1 fully saturated rings. The molecular formula is C17H10FNO3S2. The van der Waals surface area contributed by atoms with Crippen LogP contribution in [0.1, 0.15) is 15.9 Å². The fourth-order valence-corrected chi connectivity index (χ4v) is 3.46. The van der Waals surface area contributed by atoms with E-state index in [0.29, 0.717) is 10.6 Å². The number of rotatable bonds is 3. The summed E-state index contributed by atoms with van der Waals surface area (Å²) in [5.41, 5.74) is 1.28. The molecule has 24 heavy (non-hydrogen) atoms. The zero-order valence-corrected chi connectivity index (χ0v) is 13.7. The number of hydrogen-bond donors (Lipinski definition) is 1. The molecule has 1 aliphatic heterocycles. The number of carboxylic acid groups (broad SMARTS) is 1. The van der Waals surface area contributed by atoms with Crippen LogP contribution in [0, 0.1) is 5.82 Å². The molecule has 4 nitrogen and oxygen atoms in total. The van der Waals surface area contributed by atoms with E-state index in [2.05, 4.69) is 0 Å². The summed E-state index contributed by atoms with van der Waals surface area (Å²) < 4.78 is 13.4. The van der Waals surface area contributed by atoms with Crippen molar-refractivity contribution in [1.82, 2.24) is 0 Å². The van der Waals surface area contributed by atoms with E-state index in [4.69, 9.17) is 17.3 Å². The molecule has 1 N–H and O–H groups in total. The predicted octanol–water partition coefficient (Wildman–Crippen LogP) is 4.57. The molecule has 0 aromatic heterocycles. The third kappa shape index (κ3) is 3.22. The highest BCUT2D eigenvalue weighted by Crippen LogP contribution is 2.36. The molecule has 1 aliphatic rings. The van der Waals surface area contributed by atoms with Crippen LogP contribution in [0.25, 0.3) is 6.08 Å². The molecule has 1 heterocycles. The van der Waals surface area contributed by atoms with Crippen molar-refractivity contribution >= 4 is 51.9 Å². The van der Waals surface area contributed by atoms with Crippen LogP contribution in [0.5, 0.6) is 0 Å². The van der Waals surface area contributed by atoms with E-state index in [9.17, 15) is 14.0 Å². The summed E-state index contributed by atoms with van der Waals surface area (Å²) in [5.74, 6) is -1.46. The number of thioether (sulfide) groups is 1. The van der Waals surface area contributed by atoms with Gasteiger partial charge < -0.3 is 5.11 Å². The summed E-state index contributed by atoms with van der Waals surface area (Å²) in [5, 5.41) is 8.59. The van der Waals surface area contributed by atoms with E-state index in [-0.39, 0.29) is 15.8 Å². The van der Waals surface area contributed by atoms with E-state index in [0.717, 1.165) is 17.3 Å². The van der Waals surface area contributed by atoms with Crippen molar-refractivity contribution in [2.75, 3.05) is 4.90 Å². The second-order valence-electron chi connectivity index (χ2n) is 4.92. The van der Waals surface area contributed by atoms with Gasteiger partial charge in [-0.2, -0.15) is 0 Å². The number of carbonyl (C=O) groups is 2. The number of benzene rings is 2. The van der Waals surface area contributed by atoms with Gasteiger partial charge >= 0.3 is 5.97 Å². The van der Waals surface area contributed by atoms with E-state index in [1.54, 1.807) is 24.3 Å². The second-order valence-corrected chi connectivity index (χ2v) is 6.30. The number of nitrogens with zero attached hydrogens (tertiary/aromatic N) is 1. The molecule has 3 rings (SSSR count). The number of hydrogen-bond acceptors (Lipinski definition) is 4. The molecule has 7 heteroatoms. The van der Waals surface area contributed by atoms with Crippen molar-refractivity contribution in [3.05, 3.63) is 70.4 Å². The van der Waals surface area contributed by atoms with Crippen molar-refractivity contribution in [2.24, 2.45) is 0 Å². The Bertz CT molecular complexity index is 878. The summed E-state index contributed by atoms with van der Waals surface area (Å²) in [6.07, 6.45) is 1.70. The van der Waals surface area contributed by atoms with Gasteiger partial charge in [0.05, 0.1) is 16.2 Å². The standard InChI is InChI=1S/C17H10FNO3S2/c18-12-2-1-3-13(9-12)19-15(23)14(24-17(19)22)8-10-4-6-11(7-5-10)16(20)21/h1-9H,(H,20,21). The maximum atomic E-state index is 13.4. The van der Waals surface area contributed by atoms with Gasteiger partial charge in [-0.3, -0.25) is 9.69 Å². The van der Waals surface area contributed by atoms with Crippen molar-refractivity contribution in [3.8, 4) is 0 Å². The molecule has 0 unspecified atom stereocenters. The van der Waals surface area contributed by atoms with Gasteiger partial charge in [-0.25, -0.2) is 9.18 Å². The fraction of sp³-hybridized carbons (Fsp3) is 0. The third-order valence-corrected chi connectivity index (χ3v) is 4.74. The Kier molecular flexibility index (Phi) is 4.46. The maximum absolute atomic E-state index is 13.4. The van der Waals surface area contributed by atoms with E-state index < -0.39 is 11.8 Å². The lowest BCUT2D eigenvalue weighted by Gasteiger charge is -2.14. The SMILES string of the molecule is O=C(O)c1ccc(C=C2SC(=O)N(c3cccc(F)c3)C2=S)cc1. The van der Waals surface area contributed by atoms with Crippen LogP contribution in [0.3, 0.4) is 0 Å². The van der Waals surface area contributed by atoms with Crippen LogP contribution in [0.2, 0.25) is 0 Å². The Hall–Kier alpha value is -2.51. The lowest BCUT2D eigenvalue weighted by atomic mass is 10.1. The largest absolute Gasteiger partial charge is 0.478 e. The number of amides is 1. The molecule has 120 valence electrons. The first kappa shape index (κ1) is 16.4. The van der Waals surface area contributed by atoms with Gasteiger partial charge in [-0.15, -0.1) is 0 Å². The lowest BCUT2D eigenvalue weighted by Crippen LogP contribution is -2.26. The quantitative estimate of drug-likeness (QED) is 0.643. The van der Waals surface area contributed by atoms with E-state index in [1.807, 2.05) is 0 Å². The molecule has 0 atom stereocenters. The Labute approximate surface area is 146 Å². The molecule has 0 aliphatic carbocycles. The van der Waals surface area contributed by atoms with Gasteiger partial charge in [0.1, 0.15) is 10.8 Å². The van der Waals surface area contributed by atoms with Gasteiger partial charge in [0, 0.05) is 0 Å². The highest BCUT2D eigenvalue weighted by atomic mass is 32.2. The number of halogens is 1. The number of thiocarbonyl (C=S) groups is 1. The number of carboxylic acids is 1. The lowest BCUT2D eigenvalue weighted by molar-refractivity contribution is 0.0697. The molecule has 1 amide bonds. The third-order valence-electron chi connectivity index (χ3n) is 3.32. The Morgan fingerprint density at radius 3 is 2.54 bits per heavy atom. The molecule has 2 aromatic carbocycles. The average molecular weight is 359 g/mol. The van der Waals surface area contributed by atoms with Gasteiger partial charge in [-0.1, -0.05) is 30.4 Å².